The van der Waals surface area contributed by atoms with E-state index in [1.54, 1.807) is 23.7 Å². The van der Waals surface area contributed by atoms with Crippen LogP contribution in [0.25, 0.3) is 0 Å². The maximum Gasteiger partial charge on any atom is 0.164 e. The minimum atomic E-state index is 0.770. The molecule has 0 saturated heterocycles. The second-order valence-electron chi connectivity index (χ2n) is 4.76. The summed E-state index contributed by atoms with van der Waals surface area (Å²) in [5, 5.41) is 6.62. The molecule has 1 aliphatic heterocycles. The first-order valence-corrected chi connectivity index (χ1v) is 7.76. The van der Waals surface area contributed by atoms with Gasteiger partial charge in [-0.3, -0.25) is 10.4 Å². The van der Waals surface area contributed by atoms with Crippen molar-refractivity contribution < 1.29 is 0 Å². The van der Waals surface area contributed by atoms with Crippen molar-refractivity contribution in [3.8, 4) is 0 Å². The Kier molecular flexibility index (Phi) is 3.25. The highest BCUT2D eigenvalue weighted by molar-refractivity contribution is 7.12. The molecule has 0 radical (unpaired) electrons. The molecule has 5 heteroatoms. The number of aliphatic imine (C=N–C) groups is 1. The summed E-state index contributed by atoms with van der Waals surface area (Å²) in [4.78, 5) is 9.88. The summed E-state index contributed by atoms with van der Waals surface area (Å²) in [6.07, 6.45) is 3.54. The Morgan fingerprint density at radius 2 is 1.77 bits per heavy atom. The Hall–Kier alpha value is -2.79. The molecule has 3 heterocycles. The summed E-state index contributed by atoms with van der Waals surface area (Å²) < 4.78 is 0. The van der Waals surface area contributed by atoms with Crippen molar-refractivity contribution in [3.63, 3.8) is 0 Å². The van der Waals surface area contributed by atoms with E-state index in [9.17, 15) is 0 Å². The molecule has 106 valence electrons. The average molecular weight is 304 g/mol. The lowest BCUT2D eigenvalue weighted by Crippen LogP contribution is -2.18. The van der Waals surface area contributed by atoms with Gasteiger partial charge in [0.05, 0.1) is 10.6 Å². The summed E-state index contributed by atoms with van der Waals surface area (Å²) >= 11 is 1.64. The van der Waals surface area contributed by atoms with Crippen molar-refractivity contribution in [1.29, 1.82) is 0 Å². The number of benzene rings is 1. The molecule has 0 saturated carbocycles. The number of hydrogen-bond acceptors (Lipinski definition) is 5. The molecule has 0 unspecified atom stereocenters. The third-order valence-corrected chi connectivity index (χ3v) is 4.25. The number of nitrogens with zero attached hydrogens (tertiary/aromatic N) is 3. The fourth-order valence-corrected chi connectivity index (χ4v) is 3.00. The second-order valence-corrected chi connectivity index (χ2v) is 5.71. The number of thiophene rings is 1. The second kappa shape index (κ2) is 5.54. The van der Waals surface area contributed by atoms with Gasteiger partial charge in [-0.05, 0) is 29.6 Å². The number of hydrogen-bond donors (Lipinski definition) is 1. The highest BCUT2D eigenvalue weighted by Gasteiger charge is 2.16. The van der Waals surface area contributed by atoms with Crippen LogP contribution >= 0.6 is 11.3 Å². The molecular formula is C17H12N4S. The lowest BCUT2D eigenvalue weighted by atomic mass is 10.0. The molecule has 1 aliphatic rings. The van der Waals surface area contributed by atoms with Crippen molar-refractivity contribution in [2.75, 3.05) is 0 Å². The molecule has 0 amide bonds. The molecule has 22 heavy (non-hydrogen) atoms. The monoisotopic (exact) mass is 304 g/mol. The molecule has 1 N–H and O–H groups in total. The summed E-state index contributed by atoms with van der Waals surface area (Å²) in [5.74, 6) is 0.770. The first-order valence-electron chi connectivity index (χ1n) is 6.88. The number of amidine groups is 1. The van der Waals surface area contributed by atoms with Crippen LogP contribution in [0, 0.1) is 0 Å². The van der Waals surface area contributed by atoms with Gasteiger partial charge < -0.3 is 0 Å². The highest BCUT2D eigenvalue weighted by Crippen LogP contribution is 2.25. The van der Waals surface area contributed by atoms with E-state index in [-0.39, 0.29) is 0 Å². The van der Waals surface area contributed by atoms with Crippen LogP contribution in [-0.4, -0.2) is 16.5 Å². The van der Waals surface area contributed by atoms with Crippen LogP contribution in [-0.2, 0) is 0 Å². The van der Waals surface area contributed by atoms with E-state index in [0.717, 1.165) is 33.2 Å². The number of aromatic nitrogens is 1. The summed E-state index contributed by atoms with van der Waals surface area (Å²) in [6, 6.07) is 16.0. The predicted octanol–water partition coefficient (Wildman–Crippen LogP) is 3.58. The van der Waals surface area contributed by atoms with Crippen molar-refractivity contribution in [3.05, 3.63) is 82.3 Å². The van der Waals surface area contributed by atoms with Gasteiger partial charge in [0.25, 0.3) is 0 Å². The molecule has 0 aliphatic carbocycles. The number of pyridine rings is 1. The Morgan fingerprint density at radius 1 is 0.909 bits per heavy atom. The lowest BCUT2D eigenvalue weighted by molar-refractivity contribution is 1.03. The van der Waals surface area contributed by atoms with Gasteiger partial charge in [0, 0.05) is 23.5 Å². The normalized spacial score (nSPS) is 13.5. The van der Waals surface area contributed by atoms with Gasteiger partial charge in [0.2, 0.25) is 0 Å². The zero-order valence-electron chi connectivity index (χ0n) is 11.6. The lowest BCUT2D eigenvalue weighted by Gasteiger charge is -2.06. The van der Waals surface area contributed by atoms with E-state index in [2.05, 4.69) is 15.5 Å². The predicted molar refractivity (Wildman–Crippen MR) is 90.0 cm³/mol. The van der Waals surface area contributed by atoms with Gasteiger partial charge in [-0.1, -0.05) is 24.3 Å². The zero-order valence-corrected chi connectivity index (χ0v) is 12.4. The largest absolute Gasteiger partial charge is 0.265 e. The maximum atomic E-state index is 4.74. The van der Waals surface area contributed by atoms with Crippen LogP contribution in [0.4, 0.5) is 5.69 Å². The zero-order chi connectivity index (χ0) is 14.8. The number of hydrazone groups is 1. The molecule has 0 atom stereocenters. The van der Waals surface area contributed by atoms with Gasteiger partial charge >= 0.3 is 0 Å². The van der Waals surface area contributed by atoms with E-state index in [4.69, 9.17) is 4.99 Å². The third kappa shape index (κ3) is 2.31. The molecule has 4 rings (SSSR count). The fraction of sp³-hybridized carbons (Fsp3) is 0. The average Bonchev–Trinajstić information content (AvgIpc) is 3.04. The van der Waals surface area contributed by atoms with Crippen LogP contribution in [0.3, 0.4) is 0 Å². The van der Waals surface area contributed by atoms with E-state index in [1.807, 2.05) is 53.9 Å². The highest BCUT2D eigenvalue weighted by atomic mass is 32.1. The molecule has 0 spiro atoms. The van der Waals surface area contributed by atoms with Gasteiger partial charge in [0.1, 0.15) is 5.71 Å². The quantitative estimate of drug-likeness (QED) is 0.786. The SMILES string of the molecule is c1csc(C2=Nc3ccccc3C(c3ccncc3)=NN2)c1. The summed E-state index contributed by atoms with van der Waals surface area (Å²) in [6.45, 7) is 0. The van der Waals surface area contributed by atoms with Crippen LogP contribution in [0.5, 0.6) is 0 Å². The Balaban J connectivity index is 1.88. The first kappa shape index (κ1) is 12.9. The topological polar surface area (TPSA) is 49.6 Å². The van der Waals surface area contributed by atoms with Crippen molar-refractivity contribution in [2.45, 2.75) is 0 Å². The van der Waals surface area contributed by atoms with Crippen molar-refractivity contribution >= 4 is 28.6 Å². The molecule has 2 aromatic heterocycles. The molecule has 1 aromatic carbocycles. The Labute approximate surface area is 131 Å². The van der Waals surface area contributed by atoms with Gasteiger partial charge in [0.15, 0.2) is 5.84 Å². The van der Waals surface area contributed by atoms with E-state index < -0.39 is 0 Å². The Bertz CT molecular complexity index is 851. The molecule has 0 fully saturated rings. The molecular weight excluding hydrogens is 292 g/mol. The third-order valence-electron chi connectivity index (χ3n) is 3.37. The minimum Gasteiger partial charge on any atom is -0.265 e. The van der Waals surface area contributed by atoms with Crippen molar-refractivity contribution in [1.82, 2.24) is 10.4 Å². The fourth-order valence-electron chi connectivity index (χ4n) is 2.34. The standard InChI is InChI=1S/C17H12N4S/c1-2-5-14-13(4-1)16(12-7-9-18-10-8-12)20-21-17(19-14)15-6-3-11-22-15/h1-11H,(H,19,21). The van der Waals surface area contributed by atoms with Crippen LogP contribution < -0.4 is 5.43 Å². The smallest absolute Gasteiger partial charge is 0.164 e. The van der Waals surface area contributed by atoms with Crippen LogP contribution in [0.2, 0.25) is 0 Å². The van der Waals surface area contributed by atoms with Gasteiger partial charge in [-0.15, -0.1) is 11.3 Å². The van der Waals surface area contributed by atoms with Gasteiger partial charge in [-0.2, -0.15) is 5.10 Å². The maximum absolute atomic E-state index is 4.74. The molecule has 0 bridgehead atoms. The van der Waals surface area contributed by atoms with Crippen LogP contribution in [0.1, 0.15) is 16.0 Å². The number of fused-ring (bicyclic) bond motifs is 1. The summed E-state index contributed by atoms with van der Waals surface area (Å²) in [7, 11) is 0. The van der Waals surface area contributed by atoms with E-state index >= 15 is 0 Å². The van der Waals surface area contributed by atoms with Crippen LogP contribution in [0.15, 0.2) is 76.4 Å². The van der Waals surface area contributed by atoms with E-state index in [0.29, 0.717) is 0 Å². The minimum absolute atomic E-state index is 0.770. The number of para-hydroxylation sites is 1. The number of nitrogens with one attached hydrogen (secondary N) is 1. The van der Waals surface area contributed by atoms with E-state index in [1.165, 1.54) is 0 Å². The summed E-state index contributed by atoms with van der Waals surface area (Å²) in [5.41, 5.74) is 6.90. The Morgan fingerprint density at radius 3 is 2.59 bits per heavy atom. The van der Waals surface area contributed by atoms with Crippen molar-refractivity contribution in [2.24, 2.45) is 10.1 Å². The molecule has 3 aromatic rings. The first-order chi connectivity index (χ1) is 10.9. The number of rotatable bonds is 2. The molecule has 4 nitrogen and oxygen atoms in total. The van der Waals surface area contributed by atoms with Gasteiger partial charge in [-0.25, -0.2) is 4.99 Å².